The number of cyclic esters (lactones) is 2. The van der Waals surface area contributed by atoms with Crippen LogP contribution >= 0.6 is 0 Å². The number of allylic oxidation sites excluding steroid dienone is 2. The number of hydrogen-bond acceptors (Lipinski definition) is 3. The van der Waals surface area contributed by atoms with Gasteiger partial charge in [-0.3, -0.25) is 9.59 Å². The highest BCUT2D eigenvalue weighted by molar-refractivity contribution is 5.94. The Morgan fingerprint density at radius 3 is 1.64 bits per heavy atom. The van der Waals surface area contributed by atoms with Crippen LogP contribution in [0.4, 0.5) is 0 Å². The average molecular weight is 393 g/mol. The number of hydrogen-bond donors (Lipinski definition) is 0. The zero-order chi connectivity index (χ0) is 20.3. The highest BCUT2D eigenvalue weighted by Gasteiger charge is 2.32. The summed E-state index contributed by atoms with van der Waals surface area (Å²) in [5.74, 6) is -0.827. The van der Waals surface area contributed by atoms with Gasteiger partial charge in [0.05, 0.1) is 12.3 Å². The maximum atomic E-state index is 11.4. The van der Waals surface area contributed by atoms with E-state index in [0.717, 1.165) is 19.3 Å². The Bertz CT molecular complexity index is 428. The van der Waals surface area contributed by atoms with Crippen LogP contribution in [0.5, 0.6) is 0 Å². The van der Waals surface area contributed by atoms with Crippen molar-refractivity contribution in [1.29, 1.82) is 0 Å². The van der Waals surface area contributed by atoms with Crippen LogP contribution < -0.4 is 0 Å². The van der Waals surface area contributed by atoms with Gasteiger partial charge in [0.2, 0.25) is 0 Å². The molecule has 0 aromatic heterocycles. The number of rotatable bonds is 19. The van der Waals surface area contributed by atoms with Crippen LogP contribution in [0.25, 0.3) is 0 Å². The van der Waals surface area contributed by atoms with Crippen LogP contribution in [0.2, 0.25) is 0 Å². The minimum Gasteiger partial charge on any atom is -0.393 e. The van der Waals surface area contributed by atoms with Crippen LogP contribution in [-0.4, -0.2) is 11.9 Å². The molecule has 1 atom stereocenters. The molecule has 0 spiro atoms. The van der Waals surface area contributed by atoms with E-state index in [4.69, 9.17) is 0 Å². The fourth-order valence-corrected chi connectivity index (χ4v) is 3.91. The van der Waals surface area contributed by atoms with E-state index in [0.29, 0.717) is 6.42 Å². The molecular formula is C25H44O3. The molecule has 1 saturated heterocycles. The molecule has 1 rings (SSSR count). The summed E-state index contributed by atoms with van der Waals surface area (Å²) in [5, 5.41) is 0. The van der Waals surface area contributed by atoms with Crippen molar-refractivity contribution in [2.75, 3.05) is 0 Å². The van der Waals surface area contributed by atoms with Crippen LogP contribution in [0.1, 0.15) is 129 Å². The number of ether oxygens (including phenoxy) is 1. The molecule has 28 heavy (non-hydrogen) atoms. The molecule has 162 valence electrons. The summed E-state index contributed by atoms with van der Waals surface area (Å²) in [6, 6.07) is 0. The summed E-state index contributed by atoms with van der Waals surface area (Å²) in [4.78, 5) is 22.4. The predicted molar refractivity (Wildman–Crippen MR) is 117 cm³/mol. The molecule has 0 aromatic carbocycles. The Labute approximate surface area is 173 Å². The van der Waals surface area contributed by atoms with Gasteiger partial charge >= 0.3 is 11.9 Å². The number of carbonyl (C=O) groups is 2. The normalized spacial score (nSPS) is 17.0. The number of carbonyl (C=O) groups excluding carboxylic acids is 2. The summed E-state index contributed by atoms with van der Waals surface area (Å²) >= 11 is 0. The molecule has 0 N–H and O–H groups in total. The van der Waals surface area contributed by atoms with E-state index in [1.54, 1.807) is 0 Å². The Balaban J connectivity index is 1.74. The monoisotopic (exact) mass is 392 g/mol. The largest absolute Gasteiger partial charge is 0.393 e. The zero-order valence-corrected chi connectivity index (χ0v) is 18.4. The van der Waals surface area contributed by atoms with Gasteiger partial charge in [-0.25, -0.2) is 0 Å². The van der Waals surface area contributed by atoms with Crippen molar-refractivity contribution in [3.63, 3.8) is 0 Å². The first-order chi connectivity index (χ1) is 13.7. The Hall–Kier alpha value is -1.12. The highest BCUT2D eigenvalue weighted by atomic mass is 16.6. The van der Waals surface area contributed by atoms with Crippen LogP contribution in [0.15, 0.2) is 12.2 Å². The second kappa shape index (κ2) is 17.9. The SMILES string of the molecule is CCCCCCCCCCCCC/C=C/CCCCCCC1CC(=O)OC1=O. The lowest BCUT2D eigenvalue weighted by Gasteiger charge is -2.03. The van der Waals surface area contributed by atoms with E-state index in [9.17, 15) is 9.59 Å². The van der Waals surface area contributed by atoms with Gasteiger partial charge in [-0.15, -0.1) is 0 Å². The topological polar surface area (TPSA) is 43.4 Å². The second-order valence-corrected chi connectivity index (χ2v) is 8.48. The predicted octanol–water partition coefficient (Wildman–Crippen LogP) is 7.67. The van der Waals surface area contributed by atoms with Gasteiger partial charge in [-0.05, 0) is 32.1 Å². The maximum absolute atomic E-state index is 11.4. The molecule has 0 saturated carbocycles. The summed E-state index contributed by atoms with van der Waals surface area (Å²) in [6.45, 7) is 2.28. The van der Waals surface area contributed by atoms with Crippen molar-refractivity contribution >= 4 is 11.9 Å². The van der Waals surface area contributed by atoms with E-state index >= 15 is 0 Å². The van der Waals surface area contributed by atoms with Gasteiger partial charge in [0.25, 0.3) is 0 Å². The van der Waals surface area contributed by atoms with Crippen LogP contribution in [0, 0.1) is 5.92 Å². The van der Waals surface area contributed by atoms with Crippen molar-refractivity contribution < 1.29 is 14.3 Å². The van der Waals surface area contributed by atoms with Gasteiger partial charge in [-0.1, -0.05) is 103 Å². The van der Waals surface area contributed by atoms with E-state index in [1.807, 2.05) is 0 Å². The molecule has 0 amide bonds. The van der Waals surface area contributed by atoms with E-state index in [2.05, 4.69) is 23.8 Å². The summed E-state index contributed by atoms with van der Waals surface area (Å²) in [7, 11) is 0. The summed E-state index contributed by atoms with van der Waals surface area (Å²) < 4.78 is 4.58. The van der Waals surface area contributed by atoms with Gasteiger partial charge < -0.3 is 4.74 Å². The minimum absolute atomic E-state index is 0.168. The van der Waals surface area contributed by atoms with Gasteiger partial charge in [-0.2, -0.15) is 0 Å². The first-order valence-corrected chi connectivity index (χ1v) is 12.1. The van der Waals surface area contributed by atoms with Gasteiger partial charge in [0.1, 0.15) is 0 Å². The van der Waals surface area contributed by atoms with Crippen molar-refractivity contribution in [1.82, 2.24) is 0 Å². The lowest BCUT2D eigenvalue weighted by Crippen LogP contribution is -2.06. The number of unbranched alkanes of at least 4 members (excludes halogenated alkanes) is 15. The first-order valence-electron chi connectivity index (χ1n) is 12.1. The fraction of sp³-hybridized carbons (Fsp3) is 0.840. The van der Waals surface area contributed by atoms with Crippen LogP contribution in [-0.2, 0) is 14.3 Å². The highest BCUT2D eigenvalue weighted by Crippen LogP contribution is 2.22. The zero-order valence-electron chi connectivity index (χ0n) is 18.4. The standard InChI is InChI=1S/C25H44O3/c1-2-3-4-5-6-7-8-9-10-11-12-13-14-15-16-17-18-19-20-21-23-22-24(26)28-25(23)27/h14-15,23H,2-13,16-22H2,1H3/b15-14+. The molecule has 1 aliphatic heterocycles. The fourth-order valence-electron chi connectivity index (χ4n) is 3.91. The smallest absolute Gasteiger partial charge is 0.317 e. The molecule has 3 nitrogen and oxygen atoms in total. The molecule has 1 aliphatic rings. The molecule has 1 fully saturated rings. The Morgan fingerprint density at radius 1 is 0.714 bits per heavy atom. The molecule has 0 aliphatic carbocycles. The van der Waals surface area contributed by atoms with Crippen molar-refractivity contribution in [2.45, 2.75) is 129 Å². The molecule has 1 heterocycles. The van der Waals surface area contributed by atoms with E-state index in [1.165, 1.54) is 96.3 Å². The summed E-state index contributed by atoms with van der Waals surface area (Å²) in [5.41, 5.74) is 0. The first kappa shape index (κ1) is 24.9. The van der Waals surface area contributed by atoms with Crippen molar-refractivity contribution in [3.05, 3.63) is 12.2 Å². The van der Waals surface area contributed by atoms with E-state index < -0.39 is 0 Å². The molecule has 0 radical (unpaired) electrons. The minimum atomic E-state index is -0.349. The third kappa shape index (κ3) is 14.0. The van der Waals surface area contributed by atoms with E-state index in [-0.39, 0.29) is 17.9 Å². The molecule has 0 aromatic rings. The van der Waals surface area contributed by atoms with Gasteiger partial charge in [0, 0.05) is 0 Å². The molecule has 0 bridgehead atoms. The quantitative estimate of drug-likeness (QED) is 0.0980. The van der Waals surface area contributed by atoms with Crippen LogP contribution in [0.3, 0.4) is 0 Å². The van der Waals surface area contributed by atoms with Crippen molar-refractivity contribution in [2.24, 2.45) is 5.92 Å². The molecule has 1 unspecified atom stereocenters. The average Bonchev–Trinajstić information content (AvgIpc) is 3.00. The molecule has 3 heteroatoms. The molecular weight excluding hydrogens is 348 g/mol. The Morgan fingerprint density at radius 2 is 1.18 bits per heavy atom. The Kier molecular flexibility index (Phi) is 16.0. The lowest BCUT2D eigenvalue weighted by atomic mass is 9.99. The second-order valence-electron chi connectivity index (χ2n) is 8.48. The maximum Gasteiger partial charge on any atom is 0.317 e. The van der Waals surface area contributed by atoms with Gasteiger partial charge in [0.15, 0.2) is 0 Å². The number of esters is 2. The third-order valence-electron chi connectivity index (χ3n) is 5.78. The van der Waals surface area contributed by atoms with Crippen molar-refractivity contribution in [3.8, 4) is 0 Å². The lowest BCUT2D eigenvalue weighted by molar-refractivity contribution is -0.153. The third-order valence-corrected chi connectivity index (χ3v) is 5.78. The summed E-state index contributed by atoms with van der Waals surface area (Å²) in [6.07, 6.45) is 28.3.